The maximum Gasteiger partial charge on any atom is 0.363 e. The molecule has 2 aromatic rings. The number of esters is 1. The van der Waals surface area contributed by atoms with Crippen molar-refractivity contribution >= 4 is 41.1 Å². The van der Waals surface area contributed by atoms with Crippen molar-refractivity contribution in [3.8, 4) is 11.5 Å². The van der Waals surface area contributed by atoms with Crippen LogP contribution in [0.1, 0.15) is 11.1 Å². The van der Waals surface area contributed by atoms with Gasteiger partial charge in [0.25, 0.3) is 0 Å². The van der Waals surface area contributed by atoms with Crippen LogP contribution in [0, 0.1) is 0 Å². The molecule has 0 saturated carbocycles. The summed E-state index contributed by atoms with van der Waals surface area (Å²) in [6, 6.07) is 10.1. The SMILES string of the molecule is COc1ccc(C=C2N=C(c3cc(Cl)ccc3Cl)OC2=O)cc1OC. The molecule has 0 aliphatic carbocycles. The minimum absolute atomic E-state index is 0.115. The average molecular weight is 378 g/mol. The Morgan fingerprint density at radius 3 is 2.52 bits per heavy atom. The van der Waals surface area contributed by atoms with E-state index in [4.69, 9.17) is 37.4 Å². The quantitative estimate of drug-likeness (QED) is 0.586. The summed E-state index contributed by atoms with van der Waals surface area (Å²) >= 11 is 12.1. The molecular weight excluding hydrogens is 365 g/mol. The van der Waals surface area contributed by atoms with E-state index in [1.807, 2.05) is 0 Å². The molecule has 1 heterocycles. The van der Waals surface area contributed by atoms with Crippen molar-refractivity contribution in [2.45, 2.75) is 0 Å². The summed E-state index contributed by atoms with van der Waals surface area (Å²) in [7, 11) is 3.09. The van der Waals surface area contributed by atoms with E-state index in [0.29, 0.717) is 32.7 Å². The number of halogens is 2. The van der Waals surface area contributed by atoms with E-state index >= 15 is 0 Å². The van der Waals surface area contributed by atoms with Crippen LogP contribution in [0.15, 0.2) is 47.1 Å². The third kappa shape index (κ3) is 3.62. The first-order valence-electron chi connectivity index (χ1n) is 7.22. The summed E-state index contributed by atoms with van der Waals surface area (Å²) in [6.07, 6.45) is 1.59. The number of benzene rings is 2. The van der Waals surface area contributed by atoms with E-state index in [1.54, 1.807) is 49.6 Å². The summed E-state index contributed by atoms with van der Waals surface area (Å²) in [5.41, 5.74) is 1.32. The Morgan fingerprint density at radius 2 is 1.80 bits per heavy atom. The van der Waals surface area contributed by atoms with Gasteiger partial charge in [-0.25, -0.2) is 9.79 Å². The molecule has 0 spiro atoms. The maximum atomic E-state index is 12.1. The lowest BCUT2D eigenvalue weighted by Gasteiger charge is -2.07. The van der Waals surface area contributed by atoms with Crippen LogP contribution in [-0.4, -0.2) is 26.1 Å². The number of aliphatic imine (C=N–C) groups is 1. The molecule has 0 atom stereocenters. The van der Waals surface area contributed by atoms with Gasteiger partial charge in [0.05, 0.1) is 24.8 Å². The van der Waals surface area contributed by atoms with Crippen molar-refractivity contribution in [2.75, 3.05) is 14.2 Å². The first-order valence-corrected chi connectivity index (χ1v) is 7.97. The Kier molecular flexibility index (Phi) is 4.97. The number of hydrogen-bond acceptors (Lipinski definition) is 5. The Balaban J connectivity index is 1.97. The summed E-state index contributed by atoms with van der Waals surface area (Å²) in [5.74, 6) is 0.684. The molecule has 1 aliphatic heterocycles. The number of hydrogen-bond donors (Lipinski definition) is 0. The first kappa shape index (κ1) is 17.3. The number of ether oxygens (including phenoxy) is 3. The zero-order chi connectivity index (χ0) is 18.0. The smallest absolute Gasteiger partial charge is 0.363 e. The van der Waals surface area contributed by atoms with Crippen LogP contribution in [0.25, 0.3) is 6.08 Å². The van der Waals surface area contributed by atoms with E-state index in [1.165, 1.54) is 7.11 Å². The zero-order valence-corrected chi connectivity index (χ0v) is 14.9. The molecule has 0 amide bonds. The van der Waals surface area contributed by atoms with Crippen LogP contribution in [0.3, 0.4) is 0 Å². The van der Waals surface area contributed by atoms with Gasteiger partial charge >= 0.3 is 5.97 Å². The fourth-order valence-electron chi connectivity index (χ4n) is 2.29. The molecule has 0 radical (unpaired) electrons. The van der Waals surface area contributed by atoms with Crippen molar-refractivity contribution in [2.24, 2.45) is 4.99 Å². The Morgan fingerprint density at radius 1 is 1.04 bits per heavy atom. The van der Waals surface area contributed by atoms with Gasteiger partial charge in [-0.15, -0.1) is 0 Å². The first-order chi connectivity index (χ1) is 12.0. The van der Waals surface area contributed by atoms with E-state index in [-0.39, 0.29) is 11.6 Å². The van der Waals surface area contributed by atoms with Gasteiger partial charge in [0.15, 0.2) is 17.2 Å². The average Bonchev–Trinajstić information content (AvgIpc) is 2.97. The third-order valence-corrected chi connectivity index (χ3v) is 4.05. The number of rotatable bonds is 4. The summed E-state index contributed by atoms with van der Waals surface area (Å²) in [6.45, 7) is 0. The highest BCUT2D eigenvalue weighted by Gasteiger charge is 2.26. The molecule has 0 aromatic heterocycles. The number of carbonyl (C=O) groups is 1. The Hall–Kier alpha value is -2.50. The van der Waals surface area contributed by atoms with Gasteiger partial charge < -0.3 is 14.2 Å². The Labute approximate surface area is 154 Å². The number of cyclic esters (lactones) is 1. The summed E-state index contributed by atoms with van der Waals surface area (Å²) in [4.78, 5) is 16.3. The maximum absolute atomic E-state index is 12.1. The van der Waals surface area contributed by atoms with Crippen LogP contribution in [0.5, 0.6) is 11.5 Å². The number of carbonyl (C=O) groups excluding carboxylic acids is 1. The van der Waals surface area contributed by atoms with Crippen LogP contribution in [0.4, 0.5) is 0 Å². The lowest BCUT2D eigenvalue weighted by atomic mass is 10.1. The molecule has 0 saturated heterocycles. The van der Waals surface area contributed by atoms with Gasteiger partial charge in [-0.1, -0.05) is 29.3 Å². The minimum atomic E-state index is -0.569. The van der Waals surface area contributed by atoms with Crippen LogP contribution >= 0.6 is 23.2 Å². The largest absolute Gasteiger partial charge is 0.493 e. The molecule has 5 nitrogen and oxygen atoms in total. The van der Waals surface area contributed by atoms with Gasteiger partial charge in [-0.3, -0.25) is 0 Å². The molecule has 0 N–H and O–H groups in total. The minimum Gasteiger partial charge on any atom is -0.493 e. The normalized spacial score (nSPS) is 15.1. The molecule has 7 heteroatoms. The molecule has 1 aliphatic rings. The predicted octanol–water partition coefficient (Wildman–Crippen LogP) is 4.36. The second-order valence-electron chi connectivity index (χ2n) is 5.07. The molecule has 0 unspecified atom stereocenters. The van der Waals surface area contributed by atoms with Crippen LogP contribution in [-0.2, 0) is 9.53 Å². The van der Waals surface area contributed by atoms with Gasteiger partial charge in [0.2, 0.25) is 5.90 Å². The fraction of sp³-hybridized carbons (Fsp3) is 0.111. The monoisotopic (exact) mass is 377 g/mol. The van der Waals surface area contributed by atoms with Gasteiger partial charge in [0.1, 0.15) is 0 Å². The molecule has 2 aromatic carbocycles. The topological polar surface area (TPSA) is 57.1 Å². The molecule has 25 heavy (non-hydrogen) atoms. The standard InChI is InChI=1S/C18H13Cl2NO4/c1-23-15-6-3-10(8-16(15)24-2)7-14-18(22)25-17(21-14)12-9-11(19)4-5-13(12)20/h3-9H,1-2H3. The number of methoxy groups -OCH3 is 2. The molecule has 3 rings (SSSR count). The number of nitrogens with zero attached hydrogens (tertiary/aromatic N) is 1. The predicted molar refractivity (Wildman–Crippen MR) is 96.6 cm³/mol. The summed E-state index contributed by atoms with van der Waals surface area (Å²) < 4.78 is 15.7. The molecule has 0 bridgehead atoms. The zero-order valence-electron chi connectivity index (χ0n) is 13.4. The molecule has 0 fully saturated rings. The Bertz CT molecular complexity index is 906. The highest BCUT2D eigenvalue weighted by Crippen LogP contribution is 2.30. The lowest BCUT2D eigenvalue weighted by Crippen LogP contribution is -2.06. The highest BCUT2D eigenvalue weighted by atomic mass is 35.5. The second-order valence-corrected chi connectivity index (χ2v) is 5.92. The summed E-state index contributed by atoms with van der Waals surface area (Å²) in [5, 5.41) is 0.860. The van der Waals surface area contributed by atoms with Crippen LogP contribution < -0.4 is 9.47 Å². The van der Waals surface area contributed by atoms with Crippen molar-refractivity contribution < 1.29 is 19.0 Å². The van der Waals surface area contributed by atoms with Gasteiger partial charge in [0, 0.05) is 5.02 Å². The van der Waals surface area contributed by atoms with E-state index < -0.39 is 5.97 Å². The van der Waals surface area contributed by atoms with E-state index in [2.05, 4.69) is 4.99 Å². The van der Waals surface area contributed by atoms with Crippen molar-refractivity contribution in [3.05, 3.63) is 63.3 Å². The highest BCUT2D eigenvalue weighted by molar-refractivity contribution is 6.36. The van der Waals surface area contributed by atoms with E-state index in [0.717, 1.165) is 0 Å². The molecular formula is C18H13Cl2NO4. The van der Waals surface area contributed by atoms with Crippen LogP contribution in [0.2, 0.25) is 10.0 Å². The van der Waals surface area contributed by atoms with Crippen molar-refractivity contribution in [3.63, 3.8) is 0 Å². The van der Waals surface area contributed by atoms with Gasteiger partial charge in [-0.05, 0) is 42.0 Å². The lowest BCUT2D eigenvalue weighted by molar-refractivity contribution is -0.129. The third-order valence-electron chi connectivity index (χ3n) is 3.49. The van der Waals surface area contributed by atoms with Crippen molar-refractivity contribution in [1.29, 1.82) is 0 Å². The fourth-order valence-corrected chi connectivity index (χ4v) is 2.66. The molecule has 128 valence electrons. The second kappa shape index (κ2) is 7.17. The van der Waals surface area contributed by atoms with Gasteiger partial charge in [-0.2, -0.15) is 0 Å². The van der Waals surface area contributed by atoms with Crippen molar-refractivity contribution in [1.82, 2.24) is 0 Å². The van der Waals surface area contributed by atoms with E-state index in [9.17, 15) is 4.79 Å².